The zero-order chi connectivity index (χ0) is 14.4. The highest BCUT2D eigenvalue weighted by molar-refractivity contribution is 5.20. The Morgan fingerprint density at radius 1 is 1.05 bits per heavy atom. The molecule has 0 saturated heterocycles. The first kappa shape index (κ1) is 15.6. The Hall–Kier alpha value is -0.820. The lowest BCUT2D eigenvalue weighted by Gasteiger charge is -2.34. The molecule has 0 bridgehead atoms. The largest absolute Gasteiger partial charge is 0.316 e. The van der Waals surface area contributed by atoms with Crippen LogP contribution in [0.15, 0.2) is 30.3 Å². The fourth-order valence-corrected chi connectivity index (χ4v) is 3.55. The van der Waals surface area contributed by atoms with Crippen LogP contribution >= 0.6 is 0 Å². The van der Waals surface area contributed by atoms with Crippen molar-refractivity contribution < 1.29 is 0 Å². The lowest BCUT2D eigenvalue weighted by molar-refractivity contribution is 0.205. The van der Waals surface area contributed by atoms with E-state index in [0.717, 1.165) is 6.54 Å². The van der Waals surface area contributed by atoms with Crippen LogP contribution in [-0.2, 0) is 0 Å². The summed E-state index contributed by atoms with van der Waals surface area (Å²) >= 11 is 0. The predicted molar refractivity (Wildman–Crippen MR) is 88.1 cm³/mol. The van der Waals surface area contributed by atoms with Gasteiger partial charge in [0.2, 0.25) is 0 Å². The van der Waals surface area contributed by atoms with E-state index < -0.39 is 0 Å². The van der Waals surface area contributed by atoms with Gasteiger partial charge in [0.05, 0.1) is 0 Å². The number of hydrogen-bond donors (Lipinski definition) is 1. The van der Waals surface area contributed by atoms with Crippen molar-refractivity contribution in [1.29, 1.82) is 0 Å². The molecule has 1 heteroatoms. The summed E-state index contributed by atoms with van der Waals surface area (Å²) in [6.07, 6.45) is 7.08. The fourth-order valence-electron chi connectivity index (χ4n) is 3.55. The first-order chi connectivity index (χ1) is 9.61. The van der Waals surface area contributed by atoms with E-state index in [1.165, 1.54) is 44.2 Å². The Morgan fingerprint density at radius 3 is 2.30 bits per heavy atom. The molecular formula is C19H31N. The molecule has 0 amide bonds. The highest BCUT2D eigenvalue weighted by atomic mass is 14.9. The summed E-state index contributed by atoms with van der Waals surface area (Å²) in [5, 5.41) is 3.78. The second-order valence-corrected chi connectivity index (χ2v) is 7.26. The van der Waals surface area contributed by atoms with Crippen LogP contribution in [0.1, 0.15) is 64.4 Å². The first-order valence-corrected chi connectivity index (χ1v) is 8.36. The maximum Gasteiger partial charge on any atom is 0.00228 e. The van der Waals surface area contributed by atoms with Gasteiger partial charge in [0.25, 0.3) is 0 Å². The molecule has 1 unspecified atom stereocenters. The van der Waals surface area contributed by atoms with Crippen molar-refractivity contribution in [2.24, 2.45) is 11.3 Å². The van der Waals surface area contributed by atoms with E-state index in [4.69, 9.17) is 0 Å². The van der Waals surface area contributed by atoms with Crippen LogP contribution in [0.2, 0.25) is 0 Å². The summed E-state index contributed by atoms with van der Waals surface area (Å²) < 4.78 is 0. The van der Waals surface area contributed by atoms with Crippen LogP contribution in [0.3, 0.4) is 0 Å². The van der Waals surface area contributed by atoms with Gasteiger partial charge in [0.1, 0.15) is 0 Å². The molecule has 1 saturated carbocycles. The van der Waals surface area contributed by atoms with Crippen molar-refractivity contribution in [3.8, 4) is 0 Å². The minimum atomic E-state index is 0.538. The van der Waals surface area contributed by atoms with Crippen LogP contribution in [0.4, 0.5) is 0 Å². The fraction of sp³-hybridized carbons (Fsp3) is 0.684. The minimum absolute atomic E-state index is 0.538. The van der Waals surface area contributed by atoms with Gasteiger partial charge in [-0.2, -0.15) is 0 Å². The topological polar surface area (TPSA) is 12.0 Å². The van der Waals surface area contributed by atoms with Gasteiger partial charge in [-0.25, -0.2) is 0 Å². The molecule has 1 aliphatic rings. The van der Waals surface area contributed by atoms with E-state index in [1.54, 1.807) is 0 Å². The molecule has 0 radical (unpaired) electrons. The lowest BCUT2D eigenvalue weighted by Crippen LogP contribution is -2.36. The maximum absolute atomic E-state index is 3.78. The maximum atomic E-state index is 3.78. The van der Waals surface area contributed by atoms with E-state index in [0.29, 0.717) is 17.3 Å². The average molecular weight is 273 g/mol. The van der Waals surface area contributed by atoms with Crippen LogP contribution < -0.4 is 5.32 Å². The van der Waals surface area contributed by atoms with Crippen molar-refractivity contribution in [2.45, 2.75) is 58.8 Å². The number of nitrogens with one attached hydrogen (secondary N) is 1. The normalized spacial score (nSPS) is 20.0. The van der Waals surface area contributed by atoms with Crippen molar-refractivity contribution >= 4 is 0 Å². The molecule has 1 nitrogen and oxygen atoms in total. The molecule has 1 atom stereocenters. The molecule has 1 aliphatic carbocycles. The molecule has 1 aromatic rings. The van der Waals surface area contributed by atoms with Gasteiger partial charge >= 0.3 is 0 Å². The molecule has 1 fully saturated rings. The third-order valence-electron chi connectivity index (χ3n) is 5.01. The molecule has 1 N–H and O–H groups in total. The Morgan fingerprint density at radius 2 is 1.70 bits per heavy atom. The zero-order valence-corrected chi connectivity index (χ0v) is 13.5. The summed E-state index contributed by atoms with van der Waals surface area (Å²) in [5.41, 5.74) is 2.01. The van der Waals surface area contributed by atoms with Crippen molar-refractivity contribution in [3.63, 3.8) is 0 Å². The van der Waals surface area contributed by atoms with Crippen LogP contribution in [-0.4, -0.2) is 13.1 Å². The second-order valence-electron chi connectivity index (χ2n) is 7.26. The molecule has 2 rings (SSSR count). The van der Waals surface area contributed by atoms with Gasteiger partial charge in [-0.1, -0.05) is 70.4 Å². The Labute approximate surface area is 125 Å². The van der Waals surface area contributed by atoms with Crippen molar-refractivity contribution in [1.82, 2.24) is 5.32 Å². The van der Waals surface area contributed by atoms with Crippen LogP contribution in [0, 0.1) is 11.3 Å². The molecule has 1 aromatic carbocycles. The van der Waals surface area contributed by atoms with E-state index in [-0.39, 0.29) is 0 Å². The monoisotopic (exact) mass is 273 g/mol. The van der Waals surface area contributed by atoms with Crippen molar-refractivity contribution in [3.05, 3.63) is 35.9 Å². The standard InChI is InChI=1S/C19H31N/c1-16(2)18(17-10-6-4-7-11-17)14-20-15-19(3)12-8-5-9-13-19/h4,6-7,10-11,16,18,20H,5,8-9,12-15H2,1-3H3. The van der Waals surface area contributed by atoms with Gasteiger partial charge in [0.15, 0.2) is 0 Å². The van der Waals surface area contributed by atoms with Gasteiger partial charge in [-0.3, -0.25) is 0 Å². The van der Waals surface area contributed by atoms with Gasteiger partial charge < -0.3 is 5.32 Å². The zero-order valence-electron chi connectivity index (χ0n) is 13.5. The van der Waals surface area contributed by atoms with E-state index in [1.807, 2.05) is 0 Å². The summed E-state index contributed by atoms with van der Waals surface area (Å²) in [7, 11) is 0. The van der Waals surface area contributed by atoms with Crippen LogP contribution in [0.25, 0.3) is 0 Å². The lowest BCUT2D eigenvalue weighted by atomic mass is 9.75. The second kappa shape index (κ2) is 7.26. The van der Waals surface area contributed by atoms with Gasteiger partial charge in [0, 0.05) is 13.1 Å². The molecule has 0 aromatic heterocycles. The van der Waals surface area contributed by atoms with E-state index in [9.17, 15) is 0 Å². The molecular weight excluding hydrogens is 242 g/mol. The smallest absolute Gasteiger partial charge is 0.00228 e. The van der Waals surface area contributed by atoms with Gasteiger partial charge in [-0.15, -0.1) is 0 Å². The third-order valence-corrected chi connectivity index (χ3v) is 5.01. The van der Waals surface area contributed by atoms with E-state index >= 15 is 0 Å². The van der Waals surface area contributed by atoms with E-state index in [2.05, 4.69) is 56.4 Å². The Kier molecular flexibility index (Phi) is 5.65. The SMILES string of the molecule is CC(C)C(CNCC1(C)CCCCC1)c1ccccc1. The number of benzene rings is 1. The molecule has 20 heavy (non-hydrogen) atoms. The molecule has 0 spiro atoms. The van der Waals surface area contributed by atoms with Crippen LogP contribution in [0.5, 0.6) is 0 Å². The average Bonchev–Trinajstić information content (AvgIpc) is 2.45. The molecule has 112 valence electrons. The first-order valence-electron chi connectivity index (χ1n) is 8.36. The quantitative estimate of drug-likeness (QED) is 0.770. The Bertz CT molecular complexity index is 376. The highest BCUT2D eigenvalue weighted by Gasteiger charge is 2.26. The minimum Gasteiger partial charge on any atom is -0.316 e. The summed E-state index contributed by atoms with van der Waals surface area (Å²) in [5.74, 6) is 1.31. The number of rotatable bonds is 6. The summed E-state index contributed by atoms with van der Waals surface area (Å²) in [4.78, 5) is 0. The molecule has 0 aliphatic heterocycles. The third kappa shape index (κ3) is 4.34. The van der Waals surface area contributed by atoms with Gasteiger partial charge in [-0.05, 0) is 35.7 Å². The highest BCUT2D eigenvalue weighted by Crippen LogP contribution is 2.35. The molecule has 0 heterocycles. The van der Waals surface area contributed by atoms with Crippen molar-refractivity contribution in [2.75, 3.05) is 13.1 Å². The Balaban J connectivity index is 1.87. The summed E-state index contributed by atoms with van der Waals surface area (Å²) in [6.45, 7) is 9.43. The predicted octanol–water partition coefficient (Wildman–Crippen LogP) is 4.99. The number of hydrogen-bond acceptors (Lipinski definition) is 1. The summed E-state index contributed by atoms with van der Waals surface area (Å²) in [6, 6.07) is 11.0.